The molecule has 0 aliphatic heterocycles. The molecule has 5 nitrogen and oxygen atoms in total. The summed E-state index contributed by atoms with van der Waals surface area (Å²) in [5.41, 5.74) is 5.69. The van der Waals surface area contributed by atoms with Crippen LogP contribution in [0.2, 0.25) is 0 Å². The first-order chi connectivity index (χ1) is 17.4. The molecule has 6 heteroatoms. The van der Waals surface area contributed by atoms with Crippen molar-refractivity contribution in [3.8, 4) is 11.3 Å². The molecule has 0 fully saturated rings. The molecule has 2 heterocycles. The van der Waals surface area contributed by atoms with Crippen LogP contribution in [-0.4, -0.2) is 23.0 Å². The van der Waals surface area contributed by atoms with E-state index >= 15 is 0 Å². The SMILES string of the molecule is Cc1ccc(-c2cc(C(=O)Nc3sc4c(c3C(=O)OC(C)C)CCCCC4)c3ccccc3n2)cc1. The van der Waals surface area contributed by atoms with Gasteiger partial charge in [-0.05, 0) is 64.2 Å². The lowest BCUT2D eigenvalue weighted by Gasteiger charge is -2.13. The summed E-state index contributed by atoms with van der Waals surface area (Å²) in [7, 11) is 0. The predicted octanol–water partition coefficient (Wildman–Crippen LogP) is 7.36. The molecule has 4 aromatic rings. The number of hydrogen-bond donors (Lipinski definition) is 1. The molecule has 36 heavy (non-hydrogen) atoms. The van der Waals surface area contributed by atoms with Crippen LogP contribution in [0.25, 0.3) is 22.2 Å². The van der Waals surface area contributed by atoms with E-state index in [0.717, 1.165) is 65.4 Å². The highest BCUT2D eigenvalue weighted by atomic mass is 32.1. The van der Waals surface area contributed by atoms with Crippen LogP contribution in [0.3, 0.4) is 0 Å². The molecule has 0 saturated carbocycles. The number of thiophene rings is 1. The number of hydrogen-bond acceptors (Lipinski definition) is 5. The van der Waals surface area contributed by atoms with Gasteiger partial charge in [0.25, 0.3) is 5.91 Å². The van der Waals surface area contributed by atoms with Crippen LogP contribution >= 0.6 is 11.3 Å². The topological polar surface area (TPSA) is 68.3 Å². The van der Waals surface area contributed by atoms with E-state index in [1.54, 1.807) is 0 Å². The van der Waals surface area contributed by atoms with E-state index in [2.05, 4.69) is 5.32 Å². The van der Waals surface area contributed by atoms with E-state index < -0.39 is 0 Å². The third kappa shape index (κ3) is 4.91. The first-order valence-corrected chi connectivity index (χ1v) is 13.4. The van der Waals surface area contributed by atoms with Gasteiger partial charge < -0.3 is 10.1 Å². The molecule has 0 unspecified atom stereocenters. The Bertz CT molecular complexity index is 1440. The summed E-state index contributed by atoms with van der Waals surface area (Å²) in [4.78, 5) is 32.9. The number of aryl methyl sites for hydroxylation is 2. The highest BCUT2D eigenvalue weighted by Gasteiger charge is 2.28. The molecule has 184 valence electrons. The number of rotatable bonds is 5. The van der Waals surface area contributed by atoms with Crippen LogP contribution < -0.4 is 5.32 Å². The number of benzene rings is 2. The number of carbonyl (C=O) groups excluding carboxylic acids is 2. The molecule has 1 amide bonds. The number of nitrogens with one attached hydrogen (secondary N) is 1. The van der Waals surface area contributed by atoms with Crippen LogP contribution in [0.5, 0.6) is 0 Å². The highest BCUT2D eigenvalue weighted by Crippen LogP contribution is 2.39. The number of esters is 1. The fourth-order valence-corrected chi connectivity index (χ4v) is 6.00. The second-order valence-corrected chi connectivity index (χ2v) is 10.7. The van der Waals surface area contributed by atoms with Crippen molar-refractivity contribution < 1.29 is 14.3 Å². The summed E-state index contributed by atoms with van der Waals surface area (Å²) in [6.45, 7) is 5.73. The van der Waals surface area contributed by atoms with Crippen molar-refractivity contribution in [1.82, 2.24) is 4.98 Å². The third-order valence-electron chi connectivity index (χ3n) is 6.50. The van der Waals surface area contributed by atoms with Crippen molar-refractivity contribution in [3.63, 3.8) is 0 Å². The van der Waals surface area contributed by atoms with Gasteiger partial charge in [0.1, 0.15) is 5.00 Å². The molecular formula is C30H30N2O3S. The number of aromatic nitrogens is 1. The maximum atomic E-state index is 13.8. The van der Waals surface area contributed by atoms with Gasteiger partial charge in [0.15, 0.2) is 0 Å². The first kappa shape index (κ1) is 24.2. The average Bonchev–Trinajstić information content (AvgIpc) is 3.03. The minimum atomic E-state index is -0.361. The normalized spacial score (nSPS) is 13.3. The number of amides is 1. The van der Waals surface area contributed by atoms with Gasteiger partial charge in [0.2, 0.25) is 0 Å². The number of pyridine rings is 1. The Hall–Kier alpha value is -3.51. The number of ether oxygens (including phenoxy) is 1. The minimum absolute atomic E-state index is 0.233. The molecular weight excluding hydrogens is 468 g/mol. The molecule has 2 aromatic carbocycles. The van der Waals surface area contributed by atoms with Gasteiger partial charge in [-0.25, -0.2) is 9.78 Å². The summed E-state index contributed by atoms with van der Waals surface area (Å²) in [5, 5.41) is 4.44. The molecule has 0 saturated heterocycles. The molecule has 0 atom stereocenters. The Morgan fingerprint density at radius 2 is 1.75 bits per heavy atom. The van der Waals surface area contributed by atoms with Gasteiger partial charge in [-0.1, -0.05) is 54.4 Å². The van der Waals surface area contributed by atoms with Crippen LogP contribution in [0.4, 0.5) is 5.00 Å². The first-order valence-electron chi connectivity index (χ1n) is 12.5. The van der Waals surface area contributed by atoms with Crippen LogP contribution in [0, 0.1) is 6.92 Å². The minimum Gasteiger partial charge on any atom is -0.459 e. The molecule has 0 spiro atoms. The standard InChI is InChI=1S/C30H30N2O3S/c1-18(2)35-30(34)27-22-10-5-4-6-12-26(22)36-29(27)32-28(33)23-17-25(20-15-13-19(3)14-16-20)31-24-11-8-7-9-21(23)24/h7-9,11,13-18H,4-6,10,12H2,1-3H3,(H,32,33). The number of nitrogens with zero attached hydrogens (tertiary/aromatic N) is 1. The largest absolute Gasteiger partial charge is 0.459 e. The van der Waals surface area contributed by atoms with Crippen LogP contribution in [-0.2, 0) is 17.6 Å². The molecule has 1 aliphatic rings. The van der Waals surface area contributed by atoms with Crippen molar-refractivity contribution in [2.45, 2.75) is 59.0 Å². The summed E-state index contributed by atoms with van der Waals surface area (Å²) in [5.74, 6) is -0.614. The molecule has 1 N–H and O–H groups in total. The Kier molecular flexibility index (Phi) is 6.88. The van der Waals surface area contributed by atoms with Gasteiger partial charge in [0, 0.05) is 15.8 Å². The third-order valence-corrected chi connectivity index (χ3v) is 7.71. The lowest BCUT2D eigenvalue weighted by molar-refractivity contribution is 0.0378. The summed E-state index contributed by atoms with van der Waals surface area (Å²) < 4.78 is 5.59. The maximum absolute atomic E-state index is 13.8. The van der Waals surface area contributed by atoms with E-state index in [1.165, 1.54) is 16.2 Å². The number of para-hydroxylation sites is 1. The lowest BCUT2D eigenvalue weighted by atomic mass is 10.0. The van der Waals surface area contributed by atoms with Crippen LogP contribution in [0.15, 0.2) is 54.6 Å². The van der Waals surface area contributed by atoms with Crippen molar-refractivity contribution in [1.29, 1.82) is 0 Å². The van der Waals surface area contributed by atoms with E-state index in [4.69, 9.17) is 9.72 Å². The predicted molar refractivity (Wildman–Crippen MR) is 146 cm³/mol. The zero-order valence-electron chi connectivity index (χ0n) is 20.9. The smallest absolute Gasteiger partial charge is 0.341 e. The number of carbonyl (C=O) groups is 2. The van der Waals surface area contributed by atoms with Crippen molar-refractivity contribution in [2.75, 3.05) is 5.32 Å². The second kappa shape index (κ2) is 10.2. The van der Waals surface area contributed by atoms with Gasteiger partial charge in [-0.2, -0.15) is 0 Å². The second-order valence-electron chi connectivity index (χ2n) is 9.61. The molecule has 0 radical (unpaired) electrons. The van der Waals surface area contributed by atoms with E-state index in [1.807, 2.05) is 75.4 Å². The van der Waals surface area contributed by atoms with E-state index in [9.17, 15) is 9.59 Å². The van der Waals surface area contributed by atoms with Gasteiger partial charge in [-0.3, -0.25) is 4.79 Å². The van der Waals surface area contributed by atoms with Crippen molar-refractivity contribution >= 4 is 39.1 Å². The van der Waals surface area contributed by atoms with Crippen molar-refractivity contribution in [3.05, 3.63) is 81.7 Å². The number of anilines is 1. The summed E-state index contributed by atoms with van der Waals surface area (Å²) >= 11 is 1.51. The number of fused-ring (bicyclic) bond motifs is 2. The van der Waals surface area contributed by atoms with Crippen LogP contribution in [0.1, 0.15) is 69.8 Å². The quantitative estimate of drug-likeness (QED) is 0.231. The summed E-state index contributed by atoms with van der Waals surface area (Å²) in [6, 6.07) is 17.6. The fraction of sp³-hybridized carbons (Fsp3) is 0.300. The lowest BCUT2D eigenvalue weighted by Crippen LogP contribution is -2.18. The van der Waals surface area contributed by atoms with E-state index in [-0.39, 0.29) is 18.0 Å². The Labute approximate surface area is 215 Å². The Morgan fingerprint density at radius 1 is 1.00 bits per heavy atom. The van der Waals surface area contributed by atoms with Gasteiger partial charge in [-0.15, -0.1) is 11.3 Å². The Morgan fingerprint density at radius 3 is 2.53 bits per heavy atom. The highest BCUT2D eigenvalue weighted by molar-refractivity contribution is 7.17. The molecule has 0 bridgehead atoms. The van der Waals surface area contributed by atoms with E-state index in [0.29, 0.717) is 16.1 Å². The molecule has 2 aromatic heterocycles. The summed E-state index contributed by atoms with van der Waals surface area (Å²) in [6.07, 6.45) is 4.80. The van der Waals surface area contributed by atoms with Gasteiger partial charge in [0.05, 0.1) is 28.4 Å². The maximum Gasteiger partial charge on any atom is 0.341 e. The monoisotopic (exact) mass is 498 g/mol. The molecule has 5 rings (SSSR count). The molecule has 1 aliphatic carbocycles. The zero-order chi connectivity index (χ0) is 25.2. The Balaban J connectivity index is 1.57. The fourth-order valence-electron chi connectivity index (χ4n) is 4.73. The van der Waals surface area contributed by atoms with Gasteiger partial charge >= 0.3 is 5.97 Å². The zero-order valence-corrected chi connectivity index (χ0v) is 21.7. The van der Waals surface area contributed by atoms with Crippen molar-refractivity contribution in [2.24, 2.45) is 0 Å². The average molecular weight is 499 g/mol.